The molecule has 96 valence electrons. The SMILES string of the molecule is Cc1nn(C)c(COCc2ccccc2F)c1Br. The Morgan fingerprint density at radius 1 is 1.33 bits per heavy atom. The summed E-state index contributed by atoms with van der Waals surface area (Å²) in [5.41, 5.74) is 2.43. The van der Waals surface area contributed by atoms with Crippen molar-refractivity contribution in [1.29, 1.82) is 0 Å². The first-order valence-electron chi connectivity index (χ1n) is 5.58. The van der Waals surface area contributed by atoms with Gasteiger partial charge in [-0.05, 0) is 28.9 Å². The quantitative estimate of drug-likeness (QED) is 0.865. The molecule has 0 spiro atoms. The summed E-state index contributed by atoms with van der Waals surface area (Å²) in [7, 11) is 1.86. The summed E-state index contributed by atoms with van der Waals surface area (Å²) in [5.74, 6) is -0.238. The van der Waals surface area contributed by atoms with E-state index in [1.54, 1.807) is 22.9 Å². The molecular formula is C13H14BrFN2O. The molecule has 0 radical (unpaired) electrons. The zero-order valence-corrected chi connectivity index (χ0v) is 11.9. The maximum Gasteiger partial charge on any atom is 0.128 e. The summed E-state index contributed by atoms with van der Waals surface area (Å²) in [5, 5.41) is 4.27. The zero-order chi connectivity index (χ0) is 13.1. The molecule has 5 heteroatoms. The summed E-state index contributed by atoms with van der Waals surface area (Å²) in [4.78, 5) is 0. The van der Waals surface area contributed by atoms with Crippen LogP contribution in [-0.2, 0) is 25.0 Å². The number of hydrogen-bond acceptors (Lipinski definition) is 2. The van der Waals surface area contributed by atoms with E-state index in [1.807, 2.05) is 14.0 Å². The predicted octanol–water partition coefficient (Wildman–Crippen LogP) is 3.35. The Balaban J connectivity index is 1.99. The third kappa shape index (κ3) is 2.79. The highest BCUT2D eigenvalue weighted by atomic mass is 79.9. The van der Waals surface area contributed by atoms with Crippen LogP contribution < -0.4 is 0 Å². The largest absolute Gasteiger partial charge is 0.370 e. The van der Waals surface area contributed by atoms with Gasteiger partial charge in [0.2, 0.25) is 0 Å². The van der Waals surface area contributed by atoms with E-state index in [1.165, 1.54) is 6.07 Å². The molecule has 0 saturated heterocycles. The highest BCUT2D eigenvalue weighted by Crippen LogP contribution is 2.21. The molecule has 18 heavy (non-hydrogen) atoms. The molecule has 1 aromatic heterocycles. The minimum Gasteiger partial charge on any atom is -0.370 e. The van der Waals surface area contributed by atoms with Gasteiger partial charge in [0.25, 0.3) is 0 Å². The topological polar surface area (TPSA) is 27.1 Å². The number of halogens is 2. The van der Waals surface area contributed by atoms with E-state index in [0.717, 1.165) is 15.9 Å². The van der Waals surface area contributed by atoms with Crippen LogP contribution in [0.25, 0.3) is 0 Å². The molecule has 0 amide bonds. The maximum atomic E-state index is 13.4. The monoisotopic (exact) mass is 312 g/mol. The van der Waals surface area contributed by atoms with Crippen LogP contribution >= 0.6 is 15.9 Å². The van der Waals surface area contributed by atoms with Crippen molar-refractivity contribution in [3.8, 4) is 0 Å². The lowest BCUT2D eigenvalue weighted by molar-refractivity contribution is 0.0993. The number of hydrogen-bond donors (Lipinski definition) is 0. The highest BCUT2D eigenvalue weighted by molar-refractivity contribution is 9.10. The molecule has 0 atom stereocenters. The lowest BCUT2D eigenvalue weighted by Crippen LogP contribution is -2.02. The summed E-state index contributed by atoms with van der Waals surface area (Å²) >= 11 is 3.46. The number of aromatic nitrogens is 2. The van der Waals surface area contributed by atoms with Crippen LogP contribution in [0.3, 0.4) is 0 Å². The van der Waals surface area contributed by atoms with Gasteiger partial charge in [-0.3, -0.25) is 4.68 Å². The van der Waals surface area contributed by atoms with Crippen LogP contribution in [-0.4, -0.2) is 9.78 Å². The van der Waals surface area contributed by atoms with Gasteiger partial charge in [-0.2, -0.15) is 5.10 Å². The summed E-state index contributed by atoms with van der Waals surface area (Å²) < 4.78 is 21.6. The van der Waals surface area contributed by atoms with Crippen molar-refractivity contribution in [1.82, 2.24) is 9.78 Å². The van der Waals surface area contributed by atoms with Crippen LogP contribution in [0.2, 0.25) is 0 Å². The number of benzene rings is 1. The van der Waals surface area contributed by atoms with Gasteiger partial charge in [0, 0.05) is 12.6 Å². The summed E-state index contributed by atoms with van der Waals surface area (Å²) in [6.45, 7) is 2.57. The van der Waals surface area contributed by atoms with Crippen LogP contribution in [0.1, 0.15) is 17.0 Å². The van der Waals surface area contributed by atoms with Gasteiger partial charge in [0.05, 0.1) is 29.1 Å². The Bertz CT molecular complexity index is 554. The summed E-state index contributed by atoms with van der Waals surface area (Å²) in [6, 6.07) is 6.62. The molecule has 0 fully saturated rings. The van der Waals surface area contributed by atoms with Gasteiger partial charge in [-0.25, -0.2) is 4.39 Å². The molecule has 0 N–H and O–H groups in total. The van der Waals surface area contributed by atoms with Crippen molar-refractivity contribution in [2.75, 3.05) is 0 Å². The number of aryl methyl sites for hydroxylation is 2. The number of nitrogens with zero attached hydrogens (tertiary/aromatic N) is 2. The fraction of sp³-hybridized carbons (Fsp3) is 0.308. The molecule has 0 unspecified atom stereocenters. The minimum atomic E-state index is -0.238. The summed E-state index contributed by atoms with van der Waals surface area (Å²) in [6.07, 6.45) is 0. The van der Waals surface area contributed by atoms with Crippen molar-refractivity contribution in [3.63, 3.8) is 0 Å². The molecule has 3 nitrogen and oxygen atoms in total. The van der Waals surface area contributed by atoms with Crippen molar-refractivity contribution in [3.05, 3.63) is 51.5 Å². The second-order valence-corrected chi connectivity index (χ2v) is 4.85. The van der Waals surface area contributed by atoms with E-state index in [-0.39, 0.29) is 12.4 Å². The van der Waals surface area contributed by atoms with E-state index >= 15 is 0 Å². The van der Waals surface area contributed by atoms with Gasteiger partial charge >= 0.3 is 0 Å². The Hall–Kier alpha value is -1.20. The van der Waals surface area contributed by atoms with Crippen molar-refractivity contribution >= 4 is 15.9 Å². The average molecular weight is 313 g/mol. The first kappa shape index (κ1) is 13.2. The predicted molar refractivity (Wildman–Crippen MR) is 70.5 cm³/mol. The van der Waals surface area contributed by atoms with Crippen LogP contribution in [0.15, 0.2) is 28.7 Å². The first-order chi connectivity index (χ1) is 8.59. The normalized spacial score (nSPS) is 10.9. The van der Waals surface area contributed by atoms with Crippen LogP contribution in [0.5, 0.6) is 0 Å². The molecule has 0 bridgehead atoms. The van der Waals surface area contributed by atoms with Crippen molar-refractivity contribution in [2.24, 2.45) is 7.05 Å². The average Bonchev–Trinajstić information content (AvgIpc) is 2.58. The highest BCUT2D eigenvalue weighted by Gasteiger charge is 2.10. The molecule has 1 aromatic carbocycles. The van der Waals surface area contributed by atoms with E-state index in [9.17, 15) is 4.39 Å². The fourth-order valence-electron chi connectivity index (χ4n) is 1.71. The third-order valence-corrected chi connectivity index (χ3v) is 3.75. The van der Waals surface area contributed by atoms with E-state index < -0.39 is 0 Å². The molecule has 0 saturated carbocycles. The van der Waals surface area contributed by atoms with E-state index in [2.05, 4.69) is 21.0 Å². The molecule has 2 aromatic rings. The van der Waals surface area contributed by atoms with Gasteiger partial charge in [-0.1, -0.05) is 18.2 Å². The molecule has 0 aliphatic carbocycles. The minimum absolute atomic E-state index is 0.238. The van der Waals surface area contributed by atoms with E-state index in [4.69, 9.17) is 4.74 Å². The fourth-order valence-corrected chi connectivity index (χ4v) is 2.16. The lowest BCUT2D eigenvalue weighted by atomic mass is 10.2. The second kappa shape index (κ2) is 5.63. The molecule has 1 heterocycles. The Kier molecular flexibility index (Phi) is 4.14. The van der Waals surface area contributed by atoms with Gasteiger partial charge in [-0.15, -0.1) is 0 Å². The van der Waals surface area contributed by atoms with Crippen molar-refractivity contribution in [2.45, 2.75) is 20.1 Å². The zero-order valence-electron chi connectivity index (χ0n) is 10.3. The Morgan fingerprint density at radius 2 is 2.06 bits per heavy atom. The first-order valence-corrected chi connectivity index (χ1v) is 6.38. The lowest BCUT2D eigenvalue weighted by Gasteiger charge is -2.06. The molecule has 0 aliphatic rings. The standard InChI is InChI=1S/C13H14BrFN2O/c1-9-13(14)12(17(2)16-9)8-18-7-10-5-3-4-6-11(10)15/h3-6H,7-8H2,1-2H3. The van der Waals surface area contributed by atoms with Crippen molar-refractivity contribution < 1.29 is 9.13 Å². The van der Waals surface area contributed by atoms with E-state index in [0.29, 0.717) is 12.2 Å². The number of rotatable bonds is 4. The smallest absolute Gasteiger partial charge is 0.128 e. The Labute approximate surface area is 114 Å². The Morgan fingerprint density at radius 3 is 2.67 bits per heavy atom. The van der Waals surface area contributed by atoms with Crippen LogP contribution in [0, 0.1) is 12.7 Å². The maximum absolute atomic E-state index is 13.4. The van der Waals surface area contributed by atoms with Gasteiger partial charge in [0.1, 0.15) is 5.82 Å². The third-order valence-electron chi connectivity index (χ3n) is 2.72. The number of ether oxygens (including phenoxy) is 1. The molecular weight excluding hydrogens is 299 g/mol. The molecule has 2 rings (SSSR count). The van der Waals surface area contributed by atoms with Gasteiger partial charge < -0.3 is 4.74 Å². The van der Waals surface area contributed by atoms with Crippen LogP contribution in [0.4, 0.5) is 4.39 Å². The molecule has 0 aliphatic heterocycles. The van der Waals surface area contributed by atoms with Gasteiger partial charge in [0.15, 0.2) is 0 Å². The second-order valence-electron chi connectivity index (χ2n) is 4.05.